The molecule has 21 heavy (non-hydrogen) atoms. The number of hydrogen-bond acceptors (Lipinski definition) is 3. The summed E-state index contributed by atoms with van der Waals surface area (Å²) in [6, 6.07) is 9.23. The van der Waals surface area contributed by atoms with Crippen molar-refractivity contribution in [3.05, 3.63) is 46.2 Å². The standard InChI is InChI=1S/C16H20N2O3/c1-11(19)7-8-18(2)15(20)10-13-9-12-5-3-4-6-14(12)17-16(13)21/h3-6,9,11,19H,7-8,10H2,1-2H3,(H,17,21). The number of H-pyrrole nitrogens is 1. The van der Waals surface area contributed by atoms with Crippen LogP contribution in [0.2, 0.25) is 0 Å². The molecular formula is C16H20N2O3. The van der Waals surface area contributed by atoms with Gasteiger partial charge in [0.2, 0.25) is 5.91 Å². The van der Waals surface area contributed by atoms with Gasteiger partial charge in [0.1, 0.15) is 0 Å². The number of aliphatic hydroxyl groups is 1. The Morgan fingerprint density at radius 2 is 2.10 bits per heavy atom. The van der Waals surface area contributed by atoms with Gasteiger partial charge in [-0.2, -0.15) is 0 Å². The Kier molecular flexibility index (Phi) is 4.75. The van der Waals surface area contributed by atoms with E-state index in [-0.39, 0.29) is 17.9 Å². The first-order valence-electron chi connectivity index (χ1n) is 7.00. The van der Waals surface area contributed by atoms with Gasteiger partial charge < -0.3 is 15.0 Å². The molecule has 0 saturated heterocycles. The zero-order valence-corrected chi connectivity index (χ0v) is 12.3. The number of carbonyl (C=O) groups excluding carboxylic acids is 1. The van der Waals surface area contributed by atoms with Gasteiger partial charge in [0, 0.05) is 24.7 Å². The van der Waals surface area contributed by atoms with Crippen LogP contribution in [0, 0.1) is 0 Å². The van der Waals surface area contributed by atoms with Gasteiger partial charge in [0.05, 0.1) is 12.5 Å². The highest BCUT2D eigenvalue weighted by atomic mass is 16.3. The first-order valence-corrected chi connectivity index (χ1v) is 7.00. The fourth-order valence-corrected chi connectivity index (χ4v) is 2.13. The van der Waals surface area contributed by atoms with E-state index in [4.69, 9.17) is 0 Å². The van der Waals surface area contributed by atoms with Crippen molar-refractivity contribution < 1.29 is 9.90 Å². The highest BCUT2D eigenvalue weighted by Gasteiger charge is 2.13. The molecule has 0 aliphatic heterocycles. The van der Waals surface area contributed by atoms with Gasteiger partial charge in [-0.15, -0.1) is 0 Å². The van der Waals surface area contributed by atoms with Crippen molar-refractivity contribution >= 4 is 16.8 Å². The number of aliphatic hydroxyl groups excluding tert-OH is 1. The Morgan fingerprint density at radius 3 is 2.81 bits per heavy atom. The number of likely N-dealkylation sites (N-methyl/N-ethyl adjacent to an activating group) is 1. The molecule has 1 heterocycles. The van der Waals surface area contributed by atoms with Crippen molar-refractivity contribution in [1.82, 2.24) is 9.88 Å². The summed E-state index contributed by atoms with van der Waals surface area (Å²) in [6.45, 7) is 2.16. The molecule has 1 unspecified atom stereocenters. The normalized spacial score (nSPS) is 12.3. The van der Waals surface area contributed by atoms with Crippen LogP contribution < -0.4 is 5.56 Å². The number of aromatic amines is 1. The summed E-state index contributed by atoms with van der Waals surface area (Å²) in [4.78, 5) is 28.4. The predicted molar refractivity (Wildman–Crippen MR) is 82.2 cm³/mol. The molecule has 0 radical (unpaired) electrons. The van der Waals surface area contributed by atoms with E-state index in [0.717, 1.165) is 10.9 Å². The van der Waals surface area contributed by atoms with Gasteiger partial charge in [0.25, 0.3) is 5.56 Å². The third-order valence-electron chi connectivity index (χ3n) is 3.48. The maximum Gasteiger partial charge on any atom is 0.252 e. The van der Waals surface area contributed by atoms with E-state index in [9.17, 15) is 14.7 Å². The zero-order chi connectivity index (χ0) is 15.4. The van der Waals surface area contributed by atoms with Gasteiger partial charge in [-0.25, -0.2) is 0 Å². The number of fused-ring (bicyclic) bond motifs is 1. The second-order valence-electron chi connectivity index (χ2n) is 5.34. The first kappa shape index (κ1) is 15.3. The summed E-state index contributed by atoms with van der Waals surface area (Å²) < 4.78 is 0. The number of benzene rings is 1. The van der Waals surface area contributed by atoms with Gasteiger partial charge in [-0.1, -0.05) is 18.2 Å². The van der Waals surface area contributed by atoms with Crippen LogP contribution in [0.15, 0.2) is 35.1 Å². The SMILES string of the molecule is CC(O)CCN(C)C(=O)Cc1cc2ccccc2[nH]c1=O. The molecule has 0 saturated carbocycles. The summed E-state index contributed by atoms with van der Waals surface area (Å²) in [5.41, 5.74) is 0.995. The Balaban J connectivity index is 2.13. The molecule has 1 aromatic heterocycles. The number of amides is 1. The number of pyridine rings is 1. The zero-order valence-electron chi connectivity index (χ0n) is 12.3. The highest BCUT2D eigenvalue weighted by molar-refractivity contribution is 5.82. The number of nitrogens with zero attached hydrogens (tertiary/aromatic N) is 1. The quantitative estimate of drug-likeness (QED) is 0.871. The fourth-order valence-electron chi connectivity index (χ4n) is 2.13. The molecule has 5 heteroatoms. The molecule has 5 nitrogen and oxygen atoms in total. The highest BCUT2D eigenvalue weighted by Crippen LogP contribution is 2.11. The average molecular weight is 288 g/mol. The molecule has 112 valence electrons. The lowest BCUT2D eigenvalue weighted by atomic mass is 10.1. The fraction of sp³-hybridized carbons (Fsp3) is 0.375. The van der Waals surface area contributed by atoms with E-state index in [1.54, 1.807) is 24.9 Å². The summed E-state index contributed by atoms with van der Waals surface area (Å²) in [5, 5.41) is 10.2. The minimum absolute atomic E-state index is 0.0659. The monoisotopic (exact) mass is 288 g/mol. The van der Waals surface area contributed by atoms with Gasteiger partial charge in [-0.05, 0) is 30.9 Å². The Labute approximate surface area is 123 Å². The number of rotatable bonds is 5. The van der Waals surface area contributed by atoms with Gasteiger partial charge in [0.15, 0.2) is 0 Å². The Morgan fingerprint density at radius 1 is 1.38 bits per heavy atom. The molecule has 0 spiro atoms. The maximum atomic E-state index is 12.1. The van der Waals surface area contributed by atoms with Crippen LogP contribution in [-0.4, -0.2) is 40.6 Å². The summed E-state index contributed by atoms with van der Waals surface area (Å²) >= 11 is 0. The molecule has 2 rings (SSSR count). The lowest BCUT2D eigenvalue weighted by molar-refractivity contribution is -0.129. The minimum Gasteiger partial charge on any atom is -0.393 e. The summed E-state index contributed by atoms with van der Waals surface area (Å²) in [6.07, 6.45) is 0.150. The van der Waals surface area contributed by atoms with E-state index in [0.29, 0.717) is 18.5 Å². The predicted octanol–water partition coefficient (Wildman–Crippen LogP) is 1.30. The Hall–Kier alpha value is -2.14. The van der Waals surface area contributed by atoms with Crippen molar-refractivity contribution in [3.63, 3.8) is 0 Å². The molecule has 0 aliphatic rings. The second-order valence-corrected chi connectivity index (χ2v) is 5.34. The lowest BCUT2D eigenvalue weighted by Crippen LogP contribution is -2.32. The molecule has 1 amide bonds. The maximum absolute atomic E-state index is 12.1. The van der Waals surface area contributed by atoms with Crippen LogP contribution in [0.4, 0.5) is 0 Å². The summed E-state index contributed by atoms with van der Waals surface area (Å²) in [5.74, 6) is -0.128. The molecule has 2 aromatic rings. The average Bonchev–Trinajstić information content (AvgIpc) is 2.45. The number of carbonyl (C=O) groups is 1. The number of nitrogens with one attached hydrogen (secondary N) is 1. The first-order chi connectivity index (χ1) is 9.97. The number of aromatic nitrogens is 1. The summed E-state index contributed by atoms with van der Waals surface area (Å²) in [7, 11) is 1.68. The second kappa shape index (κ2) is 6.54. The molecule has 2 N–H and O–H groups in total. The van der Waals surface area contributed by atoms with Crippen LogP contribution in [0.1, 0.15) is 18.9 Å². The van der Waals surface area contributed by atoms with E-state index in [1.165, 1.54) is 0 Å². The molecule has 0 bridgehead atoms. The molecule has 1 aromatic carbocycles. The van der Waals surface area contributed by atoms with E-state index in [1.807, 2.05) is 24.3 Å². The molecular weight excluding hydrogens is 268 g/mol. The van der Waals surface area contributed by atoms with Crippen molar-refractivity contribution in [2.75, 3.05) is 13.6 Å². The van der Waals surface area contributed by atoms with Crippen molar-refractivity contribution in [1.29, 1.82) is 0 Å². The minimum atomic E-state index is -0.440. The van der Waals surface area contributed by atoms with E-state index >= 15 is 0 Å². The molecule has 0 fully saturated rings. The number of hydrogen-bond donors (Lipinski definition) is 2. The Bertz CT molecular complexity index is 691. The van der Waals surface area contributed by atoms with Crippen molar-refractivity contribution in [3.8, 4) is 0 Å². The van der Waals surface area contributed by atoms with Crippen LogP contribution >= 0.6 is 0 Å². The third kappa shape index (κ3) is 3.92. The van der Waals surface area contributed by atoms with Crippen LogP contribution in [0.3, 0.4) is 0 Å². The molecule has 1 atom stereocenters. The van der Waals surface area contributed by atoms with E-state index in [2.05, 4.69) is 4.98 Å². The topological polar surface area (TPSA) is 73.4 Å². The van der Waals surface area contributed by atoms with Gasteiger partial charge in [-0.3, -0.25) is 9.59 Å². The smallest absolute Gasteiger partial charge is 0.252 e. The van der Waals surface area contributed by atoms with Crippen LogP contribution in [0.25, 0.3) is 10.9 Å². The largest absolute Gasteiger partial charge is 0.393 e. The van der Waals surface area contributed by atoms with Crippen LogP contribution in [-0.2, 0) is 11.2 Å². The van der Waals surface area contributed by atoms with Crippen molar-refractivity contribution in [2.45, 2.75) is 25.9 Å². The van der Waals surface area contributed by atoms with Crippen molar-refractivity contribution in [2.24, 2.45) is 0 Å². The number of para-hydroxylation sites is 1. The molecule has 0 aliphatic carbocycles. The van der Waals surface area contributed by atoms with Crippen LogP contribution in [0.5, 0.6) is 0 Å². The lowest BCUT2D eigenvalue weighted by Gasteiger charge is -2.17. The van der Waals surface area contributed by atoms with Gasteiger partial charge >= 0.3 is 0 Å². The van der Waals surface area contributed by atoms with E-state index < -0.39 is 6.10 Å². The third-order valence-corrected chi connectivity index (χ3v) is 3.48.